The second kappa shape index (κ2) is 10.7. The first-order valence-corrected chi connectivity index (χ1v) is 8.90. The van der Waals surface area contributed by atoms with Crippen molar-refractivity contribution in [2.75, 3.05) is 26.2 Å². The fourth-order valence-electron chi connectivity index (χ4n) is 1.96. The molecule has 10 nitrogen and oxygen atoms in total. The molecule has 0 radical (unpaired) electrons. The van der Waals surface area contributed by atoms with Crippen molar-refractivity contribution in [1.29, 1.82) is 0 Å². The number of ether oxygens (including phenoxy) is 1. The van der Waals surface area contributed by atoms with Crippen molar-refractivity contribution in [2.45, 2.75) is 51.5 Å². The van der Waals surface area contributed by atoms with Crippen molar-refractivity contribution in [2.24, 2.45) is 0 Å². The molecule has 11 heteroatoms. The number of hydrogen-bond donors (Lipinski definition) is 6. The summed E-state index contributed by atoms with van der Waals surface area (Å²) in [6.07, 6.45) is -8.25. The largest absolute Gasteiger partial charge is 0.472 e. The van der Waals surface area contributed by atoms with Gasteiger partial charge in [0.2, 0.25) is 0 Å². The van der Waals surface area contributed by atoms with E-state index >= 15 is 0 Å². The Morgan fingerprint density at radius 3 is 1.78 bits per heavy atom. The lowest BCUT2D eigenvalue weighted by Crippen LogP contribution is -2.58. The van der Waals surface area contributed by atoms with Gasteiger partial charge in [0, 0.05) is 0 Å². The van der Waals surface area contributed by atoms with Gasteiger partial charge in [0.25, 0.3) is 0 Å². The highest BCUT2D eigenvalue weighted by atomic mass is 31.2. The van der Waals surface area contributed by atoms with Crippen LogP contribution < -0.4 is 0 Å². The van der Waals surface area contributed by atoms with Gasteiger partial charge in [-0.15, -0.1) is 0 Å². The molecule has 0 aromatic carbocycles. The van der Waals surface area contributed by atoms with Gasteiger partial charge in [-0.05, 0) is 19.6 Å². The molecule has 23 heavy (non-hydrogen) atoms. The molecule has 0 aliphatic carbocycles. The predicted molar refractivity (Wildman–Crippen MR) is 80.4 cm³/mol. The second-order valence-electron chi connectivity index (χ2n) is 4.91. The summed E-state index contributed by atoms with van der Waals surface area (Å²) < 4.78 is 19.2. The summed E-state index contributed by atoms with van der Waals surface area (Å²) in [5.41, 5.74) is 0. The van der Waals surface area contributed by atoms with Gasteiger partial charge in [-0.3, -0.25) is 4.52 Å². The number of hydrogen-bond acceptors (Lipinski definition) is 8. The zero-order valence-corrected chi connectivity index (χ0v) is 14.4. The Hall–Kier alpha value is -0.130. The molecule has 0 aromatic rings. The standard InChI is InChI=1S/C6H15N.C6H13O9P/c1-4-7(5-2)6-3;7-1-2-3(8)4(9)5(10)6(14-2)15-16(11,12)13/h4-6H2,1-3H3;2-10H,1H2,(H2,11,12,13)/t;2-,3-,4+,5-,6-/m.1/s1. The Bertz CT molecular complexity index is 355. The van der Waals surface area contributed by atoms with E-state index in [1.807, 2.05) is 0 Å². The van der Waals surface area contributed by atoms with E-state index in [0.29, 0.717) is 0 Å². The van der Waals surface area contributed by atoms with Gasteiger partial charge < -0.3 is 39.8 Å². The summed E-state index contributed by atoms with van der Waals surface area (Å²) >= 11 is 0. The molecule has 1 aliphatic heterocycles. The lowest BCUT2D eigenvalue weighted by molar-refractivity contribution is -0.280. The van der Waals surface area contributed by atoms with E-state index in [2.05, 4.69) is 34.9 Å². The van der Waals surface area contributed by atoms with Crippen LogP contribution in [0.3, 0.4) is 0 Å². The molecule has 0 bridgehead atoms. The van der Waals surface area contributed by atoms with E-state index < -0.39 is 45.1 Å². The average Bonchev–Trinajstić information content (AvgIpc) is 2.49. The number of phosphoric acid groups is 1. The van der Waals surface area contributed by atoms with Crippen LogP contribution in [0, 0.1) is 0 Å². The summed E-state index contributed by atoms with van der Waals surface area (Å²) in [5.74, 6) is 0. The maximum absolute atomic E-state index is 10.5. The third-order valence-electron chi connectivity index (χ3n) is 3.43. The first kappa shape index (κ1) is 22.9. The van der Waals surface area contributed by atoms with Crippen LogP contribution in [0.4, 0.5) is 0 Å². The van der Waals surface area contributed by atoms with Crippen LogP contribution in [0.5, 0.6) is 0 Å². The quantitative estimate of drug-likeness (QED) is 0.299. The molecular formula is C12H28NO9P. The molecular weight excluding hydrogens is 333 g/mol. The number of nitrogens with zero attached hydrogens (tertiary/aromatic N) is 1. The van der Waals surface area contributed by atoms with E-state index in [1.165, 1.54) is 19.6 Å². The van der Waals surface area contributed by atoms with E-state index in [4.69, 9.17) is 14.9 Å². The van der Waals surface area contributed by atoms with Gasteiger partial charge in [0.05, 0.1) is 6.61 Å². The summed E-state index contributed by atoms with van der Waals surface area (Å²) in [4.78, 5) is 19.4. The first-order valence-electron chi connectivity index (χ1n) is 7.37. The number of rotatable bonds is 6. The van der Waals surface area contributed by atoms with Crippen LogP contribution in [0.1, 0.15) is 20.8 Å². The van der Waals surface area contributed by atoms with Gasteiger partial charge in [-0.1, -0.05) is 20.8 Å². The molecule has 5 atom stereocenters. The third kappa shape index (κ3) is 7.99. The Labute approximate surface area is 135 Å². The highest BCUT2D eigenvalue weighted by Crippen LogP contribution is 2.40. The highest BCUT2D eigenvalue weighted by Gasteiger charge is 2.46. The lowest BCUT2D eigenvalue weighted by Gasteiger charge is -2.39. The van der Waals surface area contributed by atoms with E-state index in [9.17, 15) is 19.9 Å². The highest BCUT2D eigenvalue weighted by molar-refractivity contribution is 7.46. The lowest BCUT2D eigenvalue weighted by atomic mass is 10.00. The maximum Gasteiger partial charge on any atom is 0.472 e. The van der Waals surface area contributed by atoms with Crippen LogP contribution in [0.2, 0.25) is 0 Å². The molecule has 0 unspecified atom stereocenters. The Kier molecular flexibility index (Phi) is 10.6. The van der Waals surface area contributed by atoms with Crippen molar-refractivity contribution in [3.63, 3.8) is 0 Å². The van der Waals surface area contributed by atoms with Gasteiger partial charge in [-0.2, -0.15) is 0 Å². The molecule has 1 fully saturated rings. The molecule has 0 spiro atoms. The molecule has 1 heterocycles. The summed E-state index contributed by atoms with van der Waals surface area (Å²) in [6, 6.07) is 0. The van der Waals surface area contributed by atoms with Crippen LogP contribution >= 0.6 is 7.82 Å². The zero-order chi connectivity index (χ0) is 18.2. The number of phosphoric ester groups is 1. The molecule has 0 aromatic heterocycles. The molecule has 1 rings (SSSR count). The fourth-order valence-corrected chi connectivity index (χ4v) is 2.41. The normalized spacial score (nSPS) is 31.7. The summed E-state index contributed by atoms with van der Waals surface area (Å²) in [6.45, 7) is 9.42. The van der Waals surface area contributed by atoms with Gasteiger partial charge in [-0.25, -0.2) is 4.57 Å². The molecule has 1 aliphatic rings. The van der Waals surface area contributed by atoms with Crippen molar-refractivity contribution in [3.8, 4) is 0 Å². The monoisotopic (exact) mass is 361 g/mol. The minimum atomic E-state index is -4.91. The van der Waals surface area contributed by atoms with Crippen molar-refractivity contribution in [3.05, 3.63) is 0 Å². The minimum absolute atomic E-state index is 0.702. The molecule has 0 saturated carbocycles. The zero-order valence-electron chi connectivity index (χ0n) is 13.5. The van der Waals surface area contributed by atoms with Crippen LogP contribution in [0.25, 0.3) is 0 Å². The first-order chi connectivity index (χ1) is 10.6. The maximum atomic E-state index is 10.5. The van der Waals surface area contributed by atoms with Crippen LogP contribution in [-0.2, 0) is 13.8 Å². The Balaban J connectivity index is 0.000000585. The molecule has 140 valence electrons. The fraction of sp³-hybridized carbons (Fsp3) is 1.00. The van der Waals surface area contributed by atoms with Crippen molar-refractivity contribution in [1.82, 2.24) is 4.90 Å². The van der Waals surface area contributed by atoms with Crippen molar-refractivity contribution >= 4 is 7.82 Å². The van der Waals surface area contributed by atoms with E-state index in [-0.39, 0.29) is 0 Å². The number of aliphatic hydroxyl groups is 4. The van der Waals surface area contributed by atoms with E-state index in [1.54, 1.807) is 0 Å². The molecule has 0 amide bonds. The van der Waals surface area contributed by atoms with Crippen LogP contribution in [-0.4, -0.2) is 92.1 Å². The van der Waals surface area contributed by atoms with E-state index in [0.717, 1.165) is 0 Å². The van der Waals surface area contributed by atoms with Gasteiger partial charge in [0.15, 0.2) is 6.29 Å². The van der Waals surface area contributed by atoms with Crippen molar-refractivity contribution < 1.29 is 44.0 Å². The molecule has 1 saturated heterocycles. The minimum Gasteiger partial charge on any atom is -0.394 e. The second-order valence-corrected chi connectivity index (χ2v) is 6.10. The summed E-state index contributed by atoms with van der Waals surface area (Å²) in [5, 5.41) is 36.6. The smallest absolute Gasteiger partial charge is 0.394 e. The van der Waals surface area contributed by atoms with Gasteiger partial charge in [0.1, 0.15) is 24.4 Å². The Morgan fingerprint density at radius 1 is 1.00 bits per heavy atom. The number of aliphatic hydroxyl groups excluding tert-OH is 4. The van der Waals surface area contributed by atoms with Crippen LogP contribution in [0.15, 0.2) is 0 Å². The van der Waals surface area contributed by atoms with Gasteiger partial charge >= 0.3 is 7.82 Å². The summed E-state index contributed by atoms with van der Waals surface area (Å²) in [7, 11) is -4.91. The predicted octanol–water partition coefficient (Wildman–Crippen LogP) is -1.76. The Morgan fingerprint density at radius 2 is 1.48 bits per heavy atom. The molecule has 6 N–H and O–H groups in total. The average molecular weight is 361 g/mol. The topological polar surface area (TPSA) is 160 Å². The third-order valence-corrected chi connectivity index (χ3v) is 3.91. The SMILES string of the molecule is CCN(CC)CC.O=P(O)(O)O[C@H]1O[C@H](CO)[C@@H](O)[C@H](O)[C@H]1O.